The number of anilines is 2. The number of rotatable bonds is 3. The number of hydroxylamine groups is 1. The highest BCUT2D eigenvalue weighted by atomic mass is 35.5. The van der Waals surface area contributed by atoms with Gasteiger partial charge in [0.2, 0.25) is 0 Å². The lowest BCUT2D eigenvalue weighted by Gasteiger charge is -2.12. The van der Waals surface area contributed by atoms with Crippen LogP contribution in [0.5, 0.6) is 0 Å². The molecule has 1 heterocycles. The molecule has 0 fully saturated rings. The first-order valence-corrected chi connectivity index (χ1v) is 6.89. The standard InChI is InChI=1S/C15H14ClN3O2/c16-11-4-1-9(2-5-11)7-14-17-12-6-3-10(15(20)19-21)8-13(12)18-14/h1-6,8,14,17-18,21H,7H2,(H,19,20). The molecular weight excluding hydrogens is 290 g/mol. The van der Waals surface area contributed by atoms with E-state index in [1.165, 1.54) is 0 Å². The molecule has 1 aliphatic heterocycles. The number of hydrogen-bond acceptors (Lipinski definition) is 4. The minimum atomic E-state index is -0.527. The van der Waals surface area contributed by atoms with Crippen LogP contribution in [0.3, 0.4) is 0 Å². The smallest absolute Gasteiger partial charge is 0.274 e. The second kappa shape index (κ2) is 5.63. The highest BCUT2D eigenvalue weighted by molar-refractivity contribution is 6.30. The van der Waals surface area contributed by atoms with E-state index in [1.807, 2.05) is 30.3 Å². The van der Waals surface area contributed by atoms with E-state index < -0.39 is 5.91 Å². The van der Waals surface area contributed by atoms with Crippen molar-refractivity contribution in [1.29, 1.82) is 0 Å². The number of amides is 1. The second-order valence-electron chi connectivity index (χ2n) is 4.87. The maximum atomic E-state index is 11.4. The van der Waals surface area contributed by atoms with Gasteiger partial charge in [-0.3, -0.25) is 10.0 Å². The number of halogens is 1. The summed E-state index contributed by atoms with van der Waals surface area (Å²) in [5.41, 5.74) is 4.96. The molecule has 108 valence electrons. The van der Waals surface area contributed by atoms with Crippen molar-refractivity contribution in [3.63, 3.8) is 0 Å². The van der Waals surface area contributed by atoms with Crippen LogP contribution in [-0.2, 0) is 6.42 Å². The number of carbonyl (C=O) groups is 1. The molecule has 3 rings (SSSR count). The first-order chi connectivity index (χ1) is 10.2. The number of benzene rings is 2. The summed E-state index contributed by atoms with van der Waals surface area (Å²) >= 11 is 5.87. The summed E-state index contributed by atoms with van der Waals surface area (Å²) in [5.74, 6) is -0.527. The molecule has 4 N–H and O–H groups in total. The van der Waals surface area contributed by atoms with Gasteiger partial charge in [0.1, 0.15) is 6.17 Å². The molecule has 0 saturated heterocycles. The average Bonchev–Trinajstić information content (AvgIpc) is 2.90. The molecule has 0 aromatic heterocycles. The fourth-order valence-electron chi connectivity index (χ4n) is 2.37. The third kappa shape index (κ3) is 2.94. The van der Waals surface area contributed by atoms with E-state index in [0.29, 0.717) is 10.6 Å². The lowest BCUT2D eigenvalue weighted by Crippen LogP contribution is -2.24. The molecule has 0 spiro atoms. The quantitative estimate of drug-likeness (QED) is 0.520. The van der Waals surface area contributed by atoms with Crippen LogP contribution in [0.15, 0.2) is 42.5 Å². The summed E-state index contributed by atoms with van der Waals surface area (Å²) in [4.78, 5) is 11.4. The Morgan fingerprint density at radius 2 is 1.86 bits per heavy atom. The number of carbonyl (C=O) groups excluding carboxylic acids is 1. The fourth-order valence-corrected chi connectivity index (χ4v) is 2.49. The third-order valence-electron chi connectivity index (χ3n) is 3.40. The van der Waals surface area contributed by atoms with Gasteiger partial charge in [0, 0.05) is 17.0 Å². The Balaban J connectivity index is 1.72. The van der Waals surface area contributed by atoms with E-state index in [1.54, 1.807) is 17.6 Å². The Morgan fingerprint density at radius 1 is 1.14 bits per heavy atom. The highest BCUT2D eigenvalue weighted by Gasteiger charge is 2.20. The van der Waals surface area contributed by atoms with Crippen molar-refractivity contribution in [2.45, 2.75) is 12.6 Å². The molecule has 1 amide bonds. The minimum absolute atomic E-state index is 0.0496. The van der Waals surface area contributed by atoms with Gasteiger partial charge in [0.05, 0.1) is 11.4 Å². The zero-order valence-corrected chi connectivity index (χ0v) is 11.8. The summed E-state index contributed by atoms with van der Waals surface area (Å²) in [6.07, 6.45) is 0.835. The van der Waals surface area contributed by atoms with Crippen molar-refractivity contribution in [1.82, 2.24) is 5.48 Å². The molecule has 0 radical (unpaired) electrons. The van der Waals surface area contributed by atoms with E-state index in [9.17, 15) is 4.79 Å². The molecule has 5 nitrogen and oxygen atoms in total. The third-order valence-corrected chi connectivity index (χ3v) is 3.65. The van der Waals surface area contributed by atoms with Crippen LogP contribution < -0.4 is 16.1 Å². The Kier molecular flexibility index (Phi) is 3.68. The summed E-state index contributed by atoms with van der Waals surface area (Å²) in [5, 5.41) is 16.0. The van der Waals surface area contributed by atoms with Crippen molar-refractivity contribution in [2.75, 3.05) is 10.6 Å². The van der Waals surface area contributed by atoms with Gasteiger partial charge in [-0.05, 0) is 35.9 Å². The van der Waals surface area contributed by atoms with Crippen molar-refractivity contribution >= 4 is 28.9 Å². The first-order valence-electron chi connectivity index (χ1n) is 6.52. The Labute approximate surface area is 126 Å². The molecule has 1 aliphatic rings. The lowest BCUT2D eigenvalue weighted by atomic mass is 10.1. The van der Waals surface area contributed by atoms with Gasteiger partial charge in [-0.25, -0.2) is 5.48 Å². The fraction of sp³-hybridized carbons (Fsp3) is 0.133. The predicted octanol–water partition coefficient (Wildman–Crippen LogP) is 2.87. The van der Waals surface area contributed by atoms with Crippen LogP contribution >= 0.6 is 11.6 Å². The molecule has 0 aliphatic carbocycles. The van der Waals surface area contributed by atoms with Crippen LogP contribution in [0.2, 0.25) is 5.02 Å². The Bertz CT molecular complexity index is 673. The molecule has 1 unspecified atom stereocenters. The van der Waals surface area contributed by atoms with E-state index in [-0.39, 0.29) is 6.17 Å². The van der Waals surface area contributed by atoms with Gasteiger partial charge >= 0.3 is 0 Å². The summed E-state index contributed by atoms with van der Waals surface area (Å²) in [7, 11) is 0. The predicted molar refractivity (Wildman–Crippen MR) is 81.9 cm³/mol. The topological polar surface area (TPSA) is 73.4 Å². The maximum Gasteiger partial charge on any atom is 0.274 e. The second-order valence-corrected chi connectivity index (χ2v) is 5.31. The Hall–Kier alpha value is -2.24. The van der Waals surface area contributed by atoms with Crippen LogP contribution in [-0.4, -0.2) is 17.3 Å². The van der Waals surface area contributed by atoms with Crippen LogP contribution in [0, 0.1) is 0 Å². The molecule has 2 aromatic carbocycles. The summed E-state index contributed by atoms with van der Waals surface area (Å²) < 4.78 is 0. The maximum absolute atomic E-state index is 11.4. The Morgan fingerprint density at radius 3 is 2.57 bits per heavy atom. The van der Waals surface area contributed by atoms with Crippen LogP contribution in [0.4, 0.5) is 11.4 Å². The zero-order chi connectivity index (χ0) is 14.8. The number of fused-ring (bicyclic) bond motifs is 1. The normalized spacial score (nSPS) is 15.8. The van der Waals surface area contributed by atoms with E-state index in [4.69, 9.17) is 16.8 Å². The number of hydrogen-bond donors (Lipinski definition) is 4. The zero-order valence-electron chi connectivity index (χ0n) is 11.1. The van der Waals surface area contributed by atoms with Gasteiger partial charge in [0.25, 0.3) is 5.91 Å². The van der Waals surface area contributed by atoms with Crippen molar-refractivity contribution in [2.24, 2.45) is 0 Å². The van der Waals surface area contributed by atoms with Gasteiger partial charge in [-0.15, -0.1) is 0 Å². The van der Waals surface area contributed by atoms with Crippen LogP contribution in [0.25, 0.3) is 0 Å². The van der Waals surface area contributed by atoms with Gasteiger partial charge in [-0.1, -0.05) is 23.7 Å². The molecule has 6 heteroatoms. The van der Waals surface area contributed by atoms with E-state index >= 15 is 0 Å². The summed E-state index contributed by atoms with van der Waals surface area (Å²) in [6, 6.07) is 12.9. The largest absolute Gasteiger partial charge is 0.363 e. The summed E-state index contributed by atoms with van der Waals surface area (Å²) in [6.45, 7) is 0. The van der Waals surface area contributed by atoms with Crippen LogP contribution in [0.1, 0.15) is 15.9 Å². The van der Waals surface area contributed by atoms with E-state index in [0.717, 1.165) is 23.4 Å². The molecule has 21 heavy (non-hydrogen) atoms. The lowest BCUT2D eigenvalue weighted by molar-refractivity contribution is 0.0706. The number of nitrogens with one attached hydrogen (secondary N) is 3. The molecular formula is C15H14ClN3O2. The van der Waals surface area contributed by atoms with Gasteiger partial charge in [0.15, 0.2) is 0 Å². The average molecular weight is 304 g/mol. The highest BCUT2D eigenvalue weighted by Crippen LogP contribution is 2.30. The van der Waals surface area contributed by atoms with Gasteiger partial charge < -0.3 is 10.6 Å². The molecule has 2 aromatic rings. The van der Waals surface area contributed by atoms with Crippen molar-refractivity contribution in [3.05, 3.63) is 58.6 Å². The monoisotopic (exact) mass is 303 g/mol. The SMILES string of the molecule is O=C(NO)c1ccc2c(c1)NC(Cc1ccc(Cl)cc1)N2. The van der Waals surface area contributed by atoms with Crippen molar-refractivity contribution in [3.8, 4) is 0 Å². The minimum Gasteiger partial charge on any atom is -0.363 e. The van der Waals surface area contributed by atoms with Crippen molar-refractivity contribution < 1.29 is 10.0 Å². The molecule has 0 saturated carbocycles. The van der Waals surface area contributed by atoms with Gasteiger partial charge in [-0.2, -0.15) is 0 Å². The first kappa shape index (κ1) is 13.7. The molecule has 0 bridgehead atoms. The molecule has 1 atom stereocenters. The van der Waals surface area contributed by atoms with E-state index in [2.05, 4.69) is 10.6 Å².